The molecule has 1 aliphatic heterocycles. The summed E-state index contributed by atoms with van der Waals surface area (Å²) in [4.78, 5) is 17.8. The molecule has 8 nitrogen and oxygen atoms in total. The molecule has 1 atom stereocenters. The summed E-state index contributed by atoms with van der Waals surface area (Å²) in [6.45, 7) is 0.923. The van der Waals surface area contributed by atoms with E-state index >= 15 is 0 Å². The van der Waals surface area contributed by atoms with Gasteiger partial charge in [0.05, 0.1) is 24.9 Å². The first-order valence-corrected chi connectivity index (χ1v) is 10.5. The van der Waals surface area contributed by atoms with Crippen LogP contribution in [0.25, 0.3) is 11.2 Å². The lowest BCUT2D eigenvalue weighted by atomic mass is 9.96. The minimum absolute atomic E-state index is 0.153. The van der Waals surface area contributed by atoms with Crippen molar-refractivity contribution in [3.8, 4) is 0 Å². The Hall–Kier alpha value is -3.05. The van der Waals surface area contributed by atoms with Gasteiger partial charge in [-0.15, -0.1) is 0 Å². The van der Waals surface area contributed by atoms with Gasteiger partial charge in [-0.05, 0) is 32.1 Å². The van der Waals surface area contributed by atoms with Crippen molar-refractivity contribution in [2.45, 2.75) is 44.2 Å². The Morgan fingerprint density at radius 3 is 2.53 bits per heavy atom. The molecule has 2 fully saturated rings. The molecule has 1 saturated heterocycles. The number of ether oxygens (including phenoxy) is 1. The number of imidazole rings is 1. The summed E-state index contributed by atoms with van der Waals surface area (Å²) in [5.41, 5.74) is 1.29. The Labute approximate surface area is 181 Å². The fourth-order valence-corrected chi connectivity index (χ4v) is 4.06. The van der Waals surface area contributed by atoms with Crippen molar-refractivity contribution in [3.63, 3.8) is 0 Å². The van der Waals surface area contributed by atoms with Gasteiger partial charge >= 0.3 is 0 Å². The Bertz CT molecular complexity index is 1160. The summed E-state index contributed by atoms with van der Waals surface area (Å²) in [7, 11) is 0. The van der Waals surface area contributed by atoms with E-state index in [0.717, 1.165) is 5.71 Å². The van der Waals surface area contributed by atoms with E-state index in [1.807, 2.05) is 0 Å². The normalized spacial score (nSPS) is 21.3. The molecule has 11 heteroatoms. The zero-order valence-electron chi connectivity index (χ0n) is 17.1. The highest BCUT2D eigenvalue weighted by Gasteiger charge is 2.26. The molecule has 1 saturated carbocycles. The number of hydrogen-bond donors (Lipinski definition) is 2. The summed E-state index contributed by atoms with van der Waals surface area (Å²) in [5.74, 6) is -2.73. The number of anilines is 2. The van der Waals surface area contributed by atoms with E-state index < -0.39 is 23.1 Å². The van der Waals surface area contributed by atoms with Crippen LogP contribution < -0.4 is 5.32 Å². The van der Waals surface area contributed by atoms with Crippen LogP contribution in [-0.4, -0.2) is 49.7 Å². The van der Waals surface area contributed by atoms with Gasteiger partial charge in [-0.3, -0.25) is 4.57 Å². The zero-order valence-corrected chi connectivity index (χ0v) is 17.1. The van der Waals surface area contributed by atoms with Crippen molar-refractivity contribution in [2.24, 2.45) is 4.99 Å². The number of aliphatic hydroxyl groups is 1. The summed E-state index contributed by atoms with van der Waals surface area (Å²) < 4.78 is 49.0. The van der Waals surface area contributed by atoms with Crippen LogP contribution in [0.5, 0.6) is 0 Å². The number of aliphatic imine (C=N–C) groups is 1. The van der Waals surface area contributed by atoms with Crippen LogP contribution in [0.1, 0.15) is 38.1 Å². The molecular weight excluding hydrogens is 425 g/mol. The average molecular weight is 446 g/mol. The van der Waals surface area contributed by atoms with Crippen molar-refractivity contribution < 1.29 is 23.0 Å². The quantitative estimate of drug-likeness (QED) is 0.630. The van der Waals surface area contributed by atoms with Gasteiger partial charge in [0.1, 0.15) is 17.0 Å². The van der Waals surface area contributed by atoms with Crippen molar-refractivity contribution in [3.05, 3.63) is 35.8 Å². The molecule has 0 bridgehead atoms. The van der Waals surface area contributed by atoms with Crippen LogP contribution in [0.2, 0.25) is 0 Å². The lowest BCUT2D eigenvalue weighted by molar-refractivity contribution is 0.152. The van der Waals surface area contributed by atoms with Crippen molar-refractivity contribution in [1.29, 1.82) is 0 Å². The Balaban J connectivity index is 1.56. The van der Waals surface area contributed by atoms with E-state index in [4.69, 9.17) is 4.74 Å². The Morgan fingerprint density at radius 2 is 1.84 bits per heavy atom. The first-order valence-electron chi connectivity index (χ1n) is 10.5. The van der Waals surface area contributed by atoms with Crippen LogP contribution in [0.15, 0.2) is 23.3 Å². The number of rotatable bonds is 4. The van der Waals surface area contributed by atoms with Crippen LogP contribution in [0.3, 0.4) is 0 Å². The van der Waals surface area contributed by atoms with Gasteiger partial charge in [0.25, 0.3) is 5.95 Å². The minimum Gasteiger partial charge on any atom is -0.393 e. The van der Waals surface area contributed by atoms with E-state index in [9.17, 15) is 18.3 Å². The summed E-state index contributed by atoms with van der Waals surface area (Å²) >= 11 is 0. The minimum atomic E-state index is -1.07. The highest BCUT2D eigenvalue weighted by Crippen LogP contribution is 2.32. The Kier molecular flexibility index (Phi) is 5.51. The third kappa shape index (κ3) is 4.05. The van der Waals surface area contributed by atoms with E-state index in [0.29, 0.717) is 68.6 Å². The molecular formula is C21H21F3N6O2. The number of nitrogens with one attached hydrogen (secondary N) is 1. The van der Waals surface area contributed by atoms with Crippen molar-refractivity contribution >= 4 is 34.5 Å². The molecule has 5 rings (SSSR count). The monoisotopic (exact) mass is 446 g/mol. The maximum Gasteiger partial charge on any atom is 0.251 e. The third-order valence-electron chi connectivity index (χ3n) is 5.72. The van der Waals surface area contributed by atoms with Gasteiger partial charge in [-0.1, -0.05) is 0 Å². The highest BCUT2D eigenvalue weighted by molar-refractivity contribution is 5.87. The Morgan fingerprint density at radius 1 is 1.09 bits per heavy atom. The van der Waals surface area contributed by atoms with Crippen molar-refractivity contribution in [2.75, 3.05) is 18.5 Å². The summed E-state index contributed by atoms with van der Waals surface area (Å²) in [6, 6.07) is 1.05. The van der Waals surface area contributed by atoms with E-state index in [-0.39, 0.29) is 24.0 Å². The molecule has 0 unspecified atom stereocenters. The average Bonchev–Trinajstić information content (AvgIpc) is 3.39. The molecule has 3 aromatic rings. The fraction of sp³-hybridized carbons (Fsp3) is 0.429. The molecule has 1 aliphatic carbocycles. The van der Waals surface area contributed by atoms with Gasteiger partial charge in [-0.25, -0.2) is 28.1 Å². The third-order valence-corrected chi connectivity index (χ3v) is 5.72. The molecule has 2 N–H and O–H groups in total. The standard InChI is InChI=1S/C21H21F3N6O2/c22-11-7-15(23)18(16(24)8-11)28-21-27-17-9-25-20(26-12-1-3-14(31)4-2-12)29-19(17)30(21)13-5-6-32-10-13/h7-9,13-14,31H,1-6,10H2,(H,27,28)/t13-,14?/m0/s1. The van der Waals surface area contributed by atoms with Gasteiger partial charge in [-0.2, -0.15) is 4.98 Å². The molecule has 1 aromatic carbocycles. The lowest BCUT2D eigenvalue weighted by Gasteiger charge is -2.18. The number of halogens is 3. The number of fused-ring (bicyclic) bond motifs is 1. The number of hydrogen-bond acceptors (Lipinski definition) is 7. The van der Waals surface area contributed by atoms with Crippen LogP contribution in [0.4, 0.5) is 30.8 Å². The topological polar surface area (TPSA) is 97.5 Å². The van der Waals surface area contributed by atoms with Gasteiger partial charge in [0.15, 0.2) is 17.3 Å². The second kappa shape index (κ2) is 8.47. The van der Waals surface area contributed by atoms with Crippen LogP contribution in [0, 0.1) is 17.5 Å². The lowest BCUT2D eigenvalue weighted by Crippen LogP contribution is -2.17. The van der Waals surface area contributed by atoms with Crippen molar-refractivity contribution in [1.82, 2.24) is 19.5 Å². The second-order valence-corrected chi connectivity index (χ2v) is 7.98. The maximum absolute atomic E-state index is 14.2. The molecule has 0 amide bonds. The van der Waals surface area contributed by atoms with E-state index in [2.05, 4.69) is 25.3 Å². The molecule has 0 spiro atoms. The van der Waals surface area contributed by atoms with Crippen LogP contribution in [-0.2, 0) is 4.74 Å². The number of nitrogens with zero attached hydrogens (tertiary/aromatic N) is 5. The second-order valence-electron chi connectivity index (χ2n) is 7.98. The SMILES string of the molecule is OC1CCC(=Nc2ncc3nc(Nc4c(F)cc(F)cc4F)n([C@H]4CCOC4)c3n2)CC1. The van der Waals surface area contributed by atoms with Gasteiger partial charge in [0.2, 0.25) is 5.95 Å². The molecule has 0 radical (unpaired) electrons. The smallest absolute Gasteiger partial charge is 0.251 e. The van der Waals surface area contributed by atoms with E-state index in [1.54, 1.807) is 4.57 Å². The first-order chi connectivity index (χ1) is 15.5. The highest BCUT2D eigenvalue weighted by atomic mass is 19.1. The molecule has 168 valence electrons. The molecule has 3 heterocycles. The molecule has 2 aliphatic rings. The molecule has 2 aromatic heterocycles. The van der Waals surface area contributed by atoms with Gasteiger partial charge < -0.3 is 15.2 Å². The zero-order chi connectivity index (χ0) is 22.2. The summed E-state index contributed by atoms with van der Waals surface area (Å²) in [6.07, 6.45) is 4.53. The fourth-order valence-electron chi connectivity index (χ4n) is 4.06. The number of benzene rings is 1. The summed E-state index contributed by atoms with van der Waals surface area (Å²) in [5, 5.41) is 12.3. The first kappa shape index (κ1) is 20.8. The van der Waals surface area contributed by atoms with E-state index in [1.165, 1.54) is 6.20 Å². The van der Waals surface area contributed by atoms with Gasteiger partial charge in [0, 0.05) is 24.5 Å². The number of aliphatic hydroxyl groups excluding tert-OH is 1. The molecule has 32 heavy (non-hydrogen) atoms. The number of aromatic nitrogens is 4. The predicted molar refractivity (Wildman–Crippen MR) is 111 cm³/mol. The maximum atomic E-state index is 14.2. The largest absolute Gasteiger partial charge is 0.393 e. The van der Waals surface area contributed by atoms with Crippen LogP contribution >= 0.6 is 0 Å². The predicted octanol–water partition coefficient (Wildman–Crippen LogP) is 3.96.